The molecule has 0 fully saturated rings. The summed E-state index contributed by atoms with van der Waals surface area (Å²) in [5, 5.41) is 0. The Bertz CT molecular complexity index is 457. The van der Waals surface area contributed by atoms with E-state index in [1.807, 2.05) is 19.9 Å². The van der Waals surface area contributed by atoms with E-state index in [-0.39, 0.29) is 0 Å². The molecule has 0 radical (unpaired) electrons. The zero-order chi connectivity index (χ0) is 13.4. The Balaban J connectivity index is 2.41. The number of hydrogen-bond acceptors (Lipinski definition) is 3. The number of aryl methyl sites for hydroxylation is 1. The zero-order valence-electron chi connectivity index (χ0n) is 11.0. The van der Waals surface area contributed by atoms with Gasteiger partial charge < -0.3 is 4.74 Å². The average Bonchev–Trinajstić information content (AvgIpc) is 2.33. The smallest absolute Gasteiger partial charge is 0.240 e. The summed E-state index contributed by atoms with van der Waals surface area (Å²) in [6.45, 7) is 5.63. The highest BCUT2D eigenvalue weighted by Gasteiger charge is 2.12. The molecule has 0 unspecified atom stereocenters. The van der Waals surface area contributed by atoms with Crippen molar-refractivity contribution in [2.24, 2.45) is 0 Å². The Hall–Kier alpha value is -0.910. The van der Waals surface area contributed by atoms with Crippen LogP contribution in [0, 0.1) is 6.92 Å². The molecule has 0 saturated heterocycles. The third-order valence-electron chi connectivity index (χ3n) is 2.41. The molecule has 0 saturated carbocycles. The second-order valence-electron chi connectivity index (χ2n) is 4.18. The molecule has 0 aliphatic carbocycles. The van der Waals surface area contributed by atoms with Gasteiger partial charge in [-0.25, -0.2) is 13.1 Å². The van der Waals surface area contributed by atoms with E-state index in [1.165, 1.54) is 0 Å². The lowest BCUT2D eigenvalue weighted by atomic mass is 10.2. The maximum absolute atomic E-state index is 11.9. The Labute approximate surface area is 109 Å². The van der Waals surface area contributed by atoms with E-state index in [0.29, 0.717) is 24.5 Å². The van der Waals surface area contributed by atoms with Crippen molar-refractivity contribution >= 4 is 10.0 Å². The minimum atomic E-state index is -3.38. The van der Waals surface area contributed by atoms with Gasteiger partial charge in [-0.05, 0) is 37.5 Å². The molecule has 0 amide bonds. The summed E-state index contributed by atoms with van der Waals surface area (Å²) >= 11 is 0. The largest absolute Gasteiger partial charge is 0.381 e. The minimum Gasteiger partial charge on any atom is -0.381 e. The van der Waals surface area contributed by atoms with Gasteiger partial charge in [0.15, 0.2) is 0 Å². The molecular formula is C13H21NO3S. The van der Waals surface area contributed by atoms with Gasteiger partial charge in [-0.3, -0.25) is 0 Å². The van der Waals surface area contributed by atoms with Gasteiger partial charge in [-0.15, -0.1) is 0 Å². The van der Waals surface area contributed by atoms with E-state index >= 15 is 0 Å². The van der Waals surface area contributed by atoms with Crippen LogP contribution in [0.15, 0.2) is 29.2 Å². The molecule has 18 heavy (non-hydrogen) atoms. The minimum absolute atomic E-state index is 0.317. The van der Waals surface area contributed by atoms with Gasteiger partial charge >= 0.3 is 0 Å². The molecular weight excluding hydrogens is 250 g/mol. The molecule has 0 aliphatic rings. The molecule has 102 valence electrons. The lowest BCUT2D eigenvalue weighted by Crippen LogP contribution is -2.25. The molecule has 0 spiro atoms. The first kappa shape index (κ1) is 15.1. The average molecular weight is 271 g/mol. The molecule has 0 heterocycles. The van der Waals surface area contributed by atoms with Crippen LogP contribution in [0.3, 0.4) is 0 Å². The third kappa shape index (κ3) is 5.16. The van der Waals surface area contributed by atoms with E-state index in [9.17, 15) is 8.42 Å². The normalized spacial score (nSPS) is 11.7. The monoisotopic (exact) mass is 271 g/mol. The van der Waals surface area contributed by atoms with E-state index in [2.05, 4.69) is 4.72 Å². The van der Waals surface area contributed by atoms with Crippen LogP contribution in [-0.2, 0) is 14.8 Å². The van der Waals surface area contributed by atoms with Crippen molar-refractivity contribution in [1.82, 2.24) is 4.72 Å². The van der Waals surface area contributed by atoms with Gasteiger partial charge in [0.1, 0.15) is 0 Å². The van der Waals surface area contributed by atoms with Crippen molar-refractivity contribution in [2.45, 2.75) is 31.6 Å². The first-order chi connectivity index (χ1) is 8.56. The molecule has 1 N–H and O–H groups in total. The van der Waals surface area contributed by atoms with Crippen LogP contribution in [0.5, 0.6) is 0 Å². The number of ether oxygens (including phenoxy) is 1. The van der Waals surface area contributed by atoms with Crippen molar-refractivity contribution in [3.8, 4) is 0 Å². The highest BCUT2D eigenvalue weighted by atomic mass is 32.2. The Morgan fingerprint density at radius 2 is 2.06 bits per heavy atom. The van der Waals surface area contributed by atoms with Gasteiger partial charge in [-0.1, -0.05) is 19.1 Å². The topological polar surface area (TPSA) is 55.4 Å². The van der Waals surface area contributed by atoms with Crippen LogP contribution in [0.1, 0.15) is 25.3 Å². The summed E-state index contributed by atoms with van der Waals surface area (Å²) in [6, 6.07) is 6.88. The van der Waals surface area contributed by atoms with Gasteiger partial charge in [-0.2, -0.15) is 0 Å². The fourth-order valence-corrected chi connectivity index (χ4v) is 2.67. The standard InChI is InChI=1S/C13H21NO3S/c1-3-9-17-10-5-8-14-18(15,16)13-7-4-6-12(2)11-13/h4,6-7,11,14H,3,5,8-10H2,1-2H3. The van der Waals surface area contributed by atoms with E-state index in [0.717, 1.165) is 18.6 Å². The second-order valence-corrected chi connectivity index (χ2v) is 5.95. The molecule has 1 rings (SSSR count). The number of rotatable bonds is 8. The van der Waals surface area contributed by atoms with Crippen molar-refractivity contribution in [3.05, 3.63) is 29.8 Å². The predicted octanol–water partition coefficient (Wildman–Crippen LogP) is 2.09. The van der Waals surface area contributed by atoms with Crippen LogP contribution in [-0.4, -0.2) is 28.2 Å². The summed E-state index contributed by atoms with van der Waals surface area (Å²) in [6.07, 6.45) is 1.67. The van der Waals surface area contributed by atoms with Crippen molar-refractivity contribution in [2.75, 3.05) is 19.8 Å². The van der Waals surface area contributed by atoms with Crippen molar-refractivity contribution in [3.63, 3.8) is 0 Å². The van der Waals surface area contributed by atoms with Crippen LogP contribution in [0.25, 0.3) is 0 Å². The Kier molecular flexibility index (Phi) is 6.32. The lowest BCUT2D eigenvalue weighted by Gasteiger charge is -2.07. The number of sulfonamides is 1. The van der Waals surface area contributed by atoms with Crippen LogP contribution >= 0.6 is 0 Å². The van der Waals surface area contributed by atoms with Crippen molar-refractivity contribution in [1.29, 1.82) is 0 Å². The molecule has 1 aromatic rings. The summed E-state index contributed by atoms with van der Waals surface area (Å²) in [7, 11) is -3.38. The van der Waals surface area contributed by atoms with Gasteiger partial charge in [0.05, 0.1) is 4.90 Å². The summed E-state index contributed by atoms with van der Waals surface area (Å²) in [5.41, 5.74) is 0.934. The fourth-order valence-electron chi connectivity index (χ4n) is 1.49. The highest BCUT2D eigenvalue weighted by Crippen LogP contribution is 2.10. The van der Waals surface area contributed by atoms with E-state index in [1.54, 1.807) is 18.2 Å². The van der Waals surface area contributed by atoms with E-state index < -0.39 is 10.0 Å². The summed E-state index contributed by atoms with van der Waals surface area (Å²) in [4.78, 5) is 0.317. The summed E-state index contributed by atoms with van der Waals surface area (Å²) < 4.78 is 31.7. The molecule has 0 aliphatic heterocycles. The van der Waals surface area contributed by atoms with Crippen LogP contribution in [0.2, 0.25) is 0 Å². The highest BCUT2D eigenvalue weighted by molar-refractivity contribution is 7.89. The molecule has 4 nitrogen and oxygen atoms in total. The van der Waals surface area contributed by atoms with Crippen LogP contribution in [0.4, 0.5) is 0 Å². The fraction of sp³-hybridized carbons (Fsp3) is 0.538. The molecule has 5 heteroatoms. The van der Waals surface area contributed by atoms with Gasteiger partial charge in [0, 0.05) is 19.8 Å². The Morgan fingerprint density at radius 1 is 1.28 bits per heavy atom. The molecule has 0 atom stereocenters. The maximum Gasteiger partial charge on any atom is 0.240 e. The lowest BCUT2D eigenvalue weighted by molar-refractivity contribution is 0.133. The number of hydrogen-bond donors (Lipinski definition) is 1. The number of nitrogens with one attached hydrogen (secondary N) is 1. The predicted molar refractivity (Wildman–Crippen MR) is 72.1 cm³/mol. The molecule has 0 aromatic heterocycles. The molecule has 1 aromatic carbocycles. The first-order valence-corrected chi connectivity index (χ1v) is 7.68. The van der Waals surface area contributed by atoms with E-state index in [4.69, 9.17) is 4.74 Å². The Morgan fingerprint density at radius 3 is 2.72 bits per heavy atom. The second kappa shape index (κ2) is 7.51. The first-order valence-electron chi connectivity index (χ1n) is 6.20. The van der Waals surface area contributed by atoms with Crippen LogP contribution < -0.4 is 4.72 Å². The summed E-state index contributed by atoms with van der Waals surface area (Å²) in [5.74, 6) is 0. The number of benzene rings is 1. The maximum atomic E-state index is 11.9. The molecule has 0 bridgehead atoms. The third-order valence-corrected chi connectivity index (χ3v) is 3.86. The van der Waals surface area contributed by atoms with Gasteiger partial charge in [0.2, 0.25) is 10.0 Å². The zero-order valence-corrected chi connectivity index (χ0v) is 11.8. The SMILES string of the molecule is CCCOCCCNS(=O)(=O)c1cccc(C)c1. The van der Waals surface area contributed by atoms with Gasteiger partial charge in [0.25, 0.3) is 0 Å². The quantitative estimate of drug-likeness (QED) is 0.737. The van der Waals surface area contributed by atoms with Crippen molar-refractivity contribution < 1.29 is 13.2 Å².